The van der Waals surface area contributed by atoms with E-state index in [-0.39, 0.29) is 11.8 Å². The van der Waals surface area contributed by atoms with E-state index < -0.39 is 0 Å². The number of carbonyl (C=O) groups excluding carboxylic acids is 2. The summed E-state index contributed by atoms with van der Waals surface area (Å²) in [6, 6.07) is 16.3. The molecule has 0 bridgehead atoms. The largest absolute Gasteiger partial charge is 0.354 e. The molecule has 0 unspecified atom stereocenters. The van der Waals surface area contributed by atoms with Crippen LogP contribution in [0.1, 0.15) is 39.4 Å². The van der Waals surface area contributed by atoms with Crippen molar-refractivity contribution in [1.82, 2.24) is 29.9 Å². The van der Waals surface area contributed by atoms with E-state index in [9.17, 15) is 9.59 Å². The molecule has 5 rings (SSSR count). The number of nitrogens with zero attached hydrogens (tertiary/aromatic N) is 5. The van der Waals surface area contributed by atoms with Crippen molar-refractivity contribution in [3.63, 3.8) is 0 Å². The molecular formula is C26H30N6O2. The monoisotopic (exact) mass is 458 g/mol. The molecule has 3 aromatic rings. The molecule has 1 aromatic carbocycles. The normalized spacial score (nSPS) is 16.6. The van der Waals surface area contributed by atoms with Crippen LogP contribution in [0.25, 0.3) is 0 Å². The van der Waals surface area contributed by atoms with Gasteiger partial charge in [0.1, 0.15) is 0 Å². The average molecular weight is 459 g/mol. The molecule has 2 amide bonds. The molecule has 0 aliphatic carbocycles. The van der Waals surface area contributed by atoms with E-state index in [0.29, 0.717) is 38.3 Å². The Bertz CT molecular complexity index is 1140. The molecule has 0 saturated carbocycles. The summed E-state index contributed by atoms with van der Waals surface area (Å²) in [7, 11) is 0. The summed E-state index contributed by atoms with van der Waals surface area (Å²) in [6.07, 6.45) is 3.85. The predicted molar refractivity (Wildman–Crippen MR) is 128 cm³/mol. The average Bonchev–Trinajstić information content (AvgIpc) is 3.08. The topological polar surface area (TPSA) is 83.4 Å². The van der Waals surface area contributed by atoms with Crippen LogP contribution in [0.3, 0.4) is 0 Å². The number of aryl methyl sites for hydroxylation is 2. The molecule has 2 aliphatic heterocycles. The molecule has 1 saturated heterocycles. The number of hydrogen-bond donors (Lipinski definition) is 1. The van der Waals surface area contributed by atoms with Crippen LogP contribution in [0, 0.1) is 0 Å². The van der Waals surface area contributed by atoms with Crippen molar-refractivity contribution in [1.29, 1.82) is 0 Å². The van der Waals surface area contributed by atoms with Crippen LogP contribution in [0.15, 0.2) is 54.7 Å². The number of fused-ring (bicyclic) bond motifs is 1. The number of hydrogen-bond acceptors (Lipinski definition) is 5. The zero-order chi connectivity index (χ0) is 23.3. The van der Waals surface area contributed by atoms with Crippen molar-refractivity contribution in [2.24, 2.45) is 0 Å². The molecule has 2 aliphatic rings. The van der Waals surface area contributed by atoms with Crippen molar-refractivity contribution >= 4 is 11.8 Å². The lowest BCUT2D eigenvalue weighted by molar-refractivity contribution is -0.120. The smallest absolute Gasteiger partial charge is 0.274 e. The number of pyridine rings is 1. The van der Waals surface area contributed by atoms with Crippen LogP contribution < -0.4 is 5.32 Å². The third-order valence-electron chi connectivity index (χ3n) is 6.58. The molecule has 176 valence electrons. The van der Waals surface area contributed by atoms with Gasteiger partial charge in [-0.2, -0.15) is 5.10 Å². The van der Waals surface area contributed by atoms with Gasteiger partial charge in [0.25, 0.3) is 5.91 Å². The zero-order valence-corrected chi connectivity index (χ0v) is 19.3. The van der Waals surface area contributed by atoms with Gasteiger partial charge in [-0.25, -0.2) is 0 Å². The van der Waals surface area contributed by atoms with E-state index in [4.69, 9.17) is 5.10 Å². The summed E-state index contributed by atoms with van der Waals surface area (Å²) in [4.78, 5) is 33.9. The fraction of sp³-hybridized carbons (Fsp3) is 0.385. The number of nitrogens with one attached hydrogen (secondary N) is 1. The van der Waals surface area contributed by atoms with Gasteiger partial charge >= 0.3 is 0 Å². The quantitative estimate of drug-likeness (QED) is 0.611. The molecule has 1 fully saturated rings. The van der Waals surface area contributed by atoms with E-state index in [1.165, 1.54) is 5.56 Å². The lowest BCUT2D eigenvalue weighted by atomic mass is 10.0. The maximum Gasteiger partial charge on any atom is 0.274 e. The Balaban J connectivity index is 1.40. The van der Waals surface area contributed by atoms with Crippen LogP contribution >= 0.6 is 0 Å². The van der Waals surface area contributed by atoms with Crippen LogP contribution in [0.2, 0.25) is 0 Å². The maximum atomic E-state index is 13.6. The Labute approximate surface area is 199 Å². The van der Waals surface area contributed by atoms with Gasteiger partial charge in [0.05, 0.1) is 5.69 Å². The first kappa shape index (κ1) is 22.3. The van der Waals surface area contributed by atoms with E-state index >= 15 is 0 Å². The van der Waals surface area contributed by atoms with Crippen LogP contribution in [0.5, 0.6) is 0 Å². The molecule has 34 heavy (non-hydrogen) atoms. The van der Waals surface area contributed by atoms with E-state index in [1.54, 1.807) is 4.90 Å². The molecule has 2 aromatic heterocycles. The molecule has 8 nitrogen and oxygen atoms in total. The first-order valence-corrected chi connectivity index (χ1v) is 12.0. The number of amides is 2. The van der Waals surface area contributed by atoms with Gasteiger partial charge in [0.2, 0.25) is 5.91 Å². The molecule has 4 heterocycles. The minimum atomic E-state index is -0.0779. The highest BCUT2D eigenvalue weighted by Gasteiger charge is 2.31. The number of rotatable bonds is 6. The highest BCUT2D eigenvalue weighted by Crippen LogP contribution is 2.25. The van der Waals surface area contributed by atoms with Gasteiger partial charge in [-0.15, -0.1) is 0 Å². The highest BCUT2D eigenvalue weighted by molar-refractivity contribution is 5.94. The fourth-order valence-electron chi connectivity index (χ4n) is 4.76. The van der Waals surface area contributed by atoms with Gasteiger partial charge in [-0.3, -0.25) is 24.2 Å². The van der Waals surface area contributed by atoms with Crippen molar-refractivity contribution in [2.75, 3.05) is 26.2 Å². The Hall–Kier alpha value is -3.52. The second kappa shape index (κ2) is 10.2. The van der Waals surface area contributed by atoms with Gasteiger partial charge in [0, 0.05) is 76.1 Å². The molecule has 0 radical (unpaired) electrons. The van der Waals surface area contributed by atoms with Crippen molar-refractivity contribution < 1.29 is 9.59 Å². The summed E-state index contributed by atoms with van der Waals surface area (Å²) in [5.74, 6) is -0.0850. The minimum absolute atomic E-state index is 0.00717. The van der Waals surface area contributed by atoms with E-state index in [0.717, 1.165) is 49.4 Å². The number of aromatic nitrogens is 3. The summed E-state index contributed by atoms with van der Waals surface area (Å²) in [5.41, 5.74) is 4.98. The Morgan fingerprint density at radius 1 is 1.00 bits per heavy atom. The number of benzene rings is 1. The van der Waals surface area contributed by atoms with E-state index in [2.05, 4.69) is 27.3 Å². The first-order valence-electron chi connectivity index (χ1n) is 12.0. The van der Waals surface area contributed by atoms with Crippen LogP contribution in [-0.4, -0.2) is 62.6 Å². The third kappa shape index (κ3) is 5.02. The standard InChI is InChI=1S/C26H30N6O2/c33-24-11-15-31(17-13-28-24)26(34)25-22-19-30(18-21-8-4-5-12-27-21)14-10-23(22)32(29-25)16-9-20-6-2-1-3-7-20/h1-8,12H,9-11,13-19H2,(H,28,33). The first-order chi connectivity index (χ1) is 16.7. The molecule has 1 N–H and O–H groups in total. The van der Waals surface area contributed by atoms with Gasteiger partial charge in [0.15, 0.2) is 5.69 Å². The van der Waals surface area contributed by atoms with E-state index in [1.807, 2.05) is 47.3 Å². The van der Waals surface area contributed by atoms with Crippen LogP contribution in [-0.2, 0) is 37.3 Å². The lowest BCUT2D eigenvalue weighted by Crippen LogP contribution is -2.36. The number of carbonyl (C=O) groups is 2. The van der Waals surface area contributed by atoms with Gasteiger partial charge in [-0.1, -0.05) is 36.4 Å². The minimum Gasteiger partial charge on any atom is -0.354 e. The SMILES string of the molecule is O=C1CCN(C(=O)c2nn(CCc3ccccc3)c3c2CN(Cc2ccccn2)CC3)CCN1. The second-order valence-corrected chi connectivity index (χ2v) is 8.91. The Morgan fingerprint density at radius 3 is 2.68 bits per heavy atom. The van der Waals surface area contributed by atoms with Crippen molar-refractivity contribution in [3.05, 3.63) is 82.9 Å². The zero-order valence-electron chi connectivity index (χ0n) is 19.3. The van der Waals surface area contributed by atoms with Crippen molar-refractivity contribution in [3.8, 4) is 0 Å². The van der Waals surface area contributed by atoms with Crippen molar-refractivity contribution in [2.45, 2.75) is 38.9 Å². The Kier molecular flexibility index (Phi) is 6.67. The fourth-order valence-corrected chi connectivity index (χ4v) is 4.76. The molecule has 0 spiro atoms. The summed E-state index contributed by atoms with van der Waals surface area (Å²) in [5, 5.41) is 7.70. The summed E-state index contributed by atoms with van der Waals surface area (Å²) < 4.78 is 2.04. The predicted octanol–water partition coefficient (Wildman–Crippen LogP) is 2.04. The summed E-state index contributed by atoms with van der Waals surface area (Å²) >= 11 is 0. The van der Waals surface area contributed by atoms with Gasteiger partial charge in [-0.05, 0) is 24.1 Å². The lowest BCUT2D eigenvalue weighted by Gasteiger charge is -2.28. The molecular weight excluding hydrogens is 428 g/mol. The Morgan fingerprint density at radius 2 is 1.85 bits per heavy atom. The summed E-state index contributed by atoms with van der Waals surface area (Å²) in [6.45, 7) is 4.46. The third-order valence-corrected chi connectivity index (χ3v) is 6.58. The second-order valence-electron chi connectivity index (χ2n) is 8.91. The molecule has 0 atom stereocenters. The van der Waals surface area contributed by atoms with Crippen LogP contribution in [0.4, 0.5) is 0 Å². The maximum absolute atomic E-state index is 13.6. The van der Waals surface area contributed by atoms with Gasteiger partial charge < -0.3 is 10.2 Å². The highest BCUT2D eigenvalue weighted by atomic mass is 16.2. The molecule has 8 heteroatoms.